The van der Waals surface area contributed by atoms with Gasteiger partial charge in [-0.2, -0.15) is 0 Å². The molecule has 8 rings (SSSR count). The third-order valence-electron chi connectivity index (χ3n) is 8.21. The molecule has 0 unspecified atom stereocenters. The fourth-order valence-electron chi connectivity index (χ4n) is 6.68. The number of ether oxygens (including phenoxy) is 1. The Kier molecular flexibility index (Phi) is 5.59. The van der Waals surface area contributed by atoms with E-state index in [1.807, 2.05) is 54.6 Å². The van der Waals surface area contributed by atoms with Crippen LogP contribution in [0.3, 0.4) is 0 Å². The molecule has 0 aromatic heterocycles. The van der Waals surface area contributed by atoms with Crippen molar-refractivity contribution in [2.24, 2.45) is 11.8 Å². The Morgan fingerprint density at radius 1 is 0.650 bits per heavy atom. The van der Waals surface area contributed by atoms with Crippen molar-refractivity contribution in [3.05, 3.63) is 131 Å². The summed E-state index contributed by atoms with van der Waals surface area (Å²) in [5.74, 6) is -3.56. The molecule has 1 fully saturated rings. The third kappa shape index (κ3) is 3.58. The Labute approximate surface area is 230 Å². The quantitative estimate of drug-likeness (QED) is 0.295. The highest BCUT2D eigenvalue weighted by Gasteiger charge is 2.62. The van der Waals surface area contributed by atoms with Gasteiger partial charge in [0.2, 0.25) is 11.8 Å². The number of amides is 3. The van der Waals surface area contributed by atoms with Gasteiger partial charge in [0.25, 0.3) is 5.91 Å². The van der Waals surface area contributed by atoms with Crippen LogP contribution in [0.25, 0.3) is 0 Å². The number of benzene rings is 4. The summed E-state index contributed by atoms with van der Waals surface area (Å²) in [6.07, 6.45) is 0. The topological polar surface area (TPSA) is 92.8 Å². The van der Waals surface area contributed by atoms with Crippen molar-refractivity contribution in [2.45, 2.75) is 11.8 Å². The van der Waals surface area contributed by atoms with Crippen LogP contribution >= 0.6 is 0 Å². The minimum atomic E-state index is -0.788. The number of nitrogens with zero attached hydrogens (tertiary/aromatic N) is 1. The summed E-state index contributed by atoms with van der Waals surface area (Å²) >= 11 is 0. The molecular weight excluding hydrogens is 504 g/mol. The van der Waals surface area contributed by atoms with E-state index in [1.165, 1.54) is 6.07 Å². The second-order valence-electron chi connectivity index (χ2n) is 10.3. The lowest BCUT2D eigenvalue weighted by molar-refractivity contribution is -0.122. The monoisotopic (exact) mass is 528 g/mol. The zero-order chi connectivity index (χ0) is 27.4. The molecule has 1 heterocycles. The fraction of sp³-hybridized carbons (Fsp3) is 0.152. The van der Waals surface area contributed by atoms with Crippen molar-refractivity contribution in [1.29, 1.82) is 0 Å². The molecule has 4 aromatic carbocycles. The highest BCUT2D eigenvalue weighted by molar-refractivity contribution is 6.25. The van der Waals surface area contributed by atoms with Gasteiger partial charge in [-0.3, -0.25) is 14.4 Å². The van der Waals surface area contributed by atoms with Crippen molar-refractivity contribution in [3.63, 3.8) is 0 Å². The first-order valence-electron chi connectivity index (χ1n) is 13.2. The van der Waals surface area contributed by atoms with Crippen LogP contribution in [0.4, 0.5) is 11.4 Å². The van der Waals surface area contributed by atoms with Crippen molar-refractivity contribution in [1.82, 2.24) is 0 Å². The van der Waals surface area contributed by atoms with Crippen LogP contribution in [0, 0.1) is 11.8 Å². The van der Waals surface area contributed by atoms with Crippen molar-refractivity contribution < 1.29 is 23.9 Å². The van der Waals surface area contributed by atoms with Crippen LogP contribution in [-0.4, -0.2) is 30.3 Å². The van der Waals surface area contributed by atoms with Gasteiger partial charge in [-0.25, -0.2) is 9.69 Å². The molecule has 2 atom stereocenters. The maximum absolute atomic E-state index is 14.1. The largest absolute Gasteiger partial charge is 0.452 e. The van der Waals surface area contributed by atoms with Gasteiger partial charge in [-0.15, -0.1) is 0 Å². The summed E-state index contributed by atoms with van der Waals surface area (Å²) in [5, 5.41) is 2.67. The Balaban J connectivity index is 1.20. The number of hydrogen-bond donors (Lipinski definition) is 1. The molecule has 1 saturated heterocycles. The van der Waals surface area contributed by atoms with Gasteiger partial charge >= 0.3 is 5.97 Å². The number of imide groups is 1. The molecule has 1 aliphatic heterocycles. The predicted octanol–water partition coefficient (Wildman–Crippen LogP) is 4.88. The number of para-hydroxylation sites is 2. The number of carbonyl (C=O) groups excluding carboxylic acids is 4. The normalized spacial score (nSPS) is 21.9. The van der Waals surface area contributed by atoms with Gasteiger partial charge in [-0.1, -0.05) is 78.9 Å². The third-order valence-corrected chi connectivity index (χ3v) is 8.21. The van der Waals surface area contributed by atoms with E-state index in [1.54, 1.807) is 42.5 Å². The zero-order valence-corrected chi connectivity index (χ0v) is 21.3. The van der Waals surface area contributed by atoms with Gasteiger partial charge in [0.15, 0.2) is 6.61 Å². The first-order valence-corrected chi connectivity index (χ1v) is 13.2. The average Bonchev–Trinajstić information content (AvgIpc) is 3.26. The Bertz CT molecular complexity index is 1580. The molecule has 4 aromatic rings. The van der Waals surface area contributed by atoms with Gasteiger partial charge in [0, 0.05) is 17.5 Å². The molecule has 0 spiro atoms. The van der Waals surface area contributed by atoms with Gasteiger partial charge < -0.3 is 10.1 Å². The lowest BCUT2D eigenvalue weighted by Crippen LogP contribution is -2.41. The Morgan fingerprint density at radius 3 is 1.68 bits per heavy atom. The van der Waals surface area contributed by atoms with E-state index in [4.69, 9.17) is 4.74 Å². The van der Waals surface area contributed by atoms with E-state index in [0.29, 0.717) is 5.69 Å². The lowest BCUT2D eigenvalue weighted by atomic mass is 9.55. The van der Waals surface area contributed by atoms with Crippen LogP contribution < -0.4 is 10.2 Å². The second kappa shape index (κ2) is 9.31. The van der Waals surface area contributed by atoms with E-state index >= 15 is 0 Å². The molecule has 196 valence electrons. The van der Waals surface area contributed by atoms with Gasteiger partial charge in [-0.05, 0) is 46.5 Å². The minimum absolute atomic E-state index is 0.0535. The van der Waals surface area contributed by atoms with Crippen LogP contribution in [0.1, 0.15) is 44.4 Å². The fourth-order valence-corrected chi connectivity index (χ4v) is 6.68. The van der Waals surface area contributed by atoms with Crippen LogP contribution in [-0.2, 0) is 19.1 Å². The van der Waals surface area contributed by atoms with E-state index in [-0.39, 0.29) is 34.9 Å². The van der Waals surface area contributed by atoms with Gasteiger partial charge in [0.1, 0.15) is 0 Å². The number of esters is 1. The maximum atomic E-state index is 14.1. The van der Waals surface area contributed by atoms with E-state index < -0.39 is 30.3 Å². The highest BCUT2D eigenvalue weighted by atomic mass is 16.5. The molecule has 40 heavy (non-hydrogen) atoms. The summed E-state index contributed by atoms with van der Waals surface area (Å²) in [7, 11) is 0. The molecule has 7 nitrogen and oxygen atoms in total. The van der Waals surface area contributed by atoms with E-state index in [9.17, 15) is 19.2 Å². The molecular formula is C33H24N2O5. The lowest BCUT2D eigenvalue weighted by Gasteiger charge is -2.45. The number of anilines is 2. The molecule has 3 amide bonds. The zero-order valence-electron chi connectivity index (χ0n) is 21.3. The standard InChI is InChI=1S/C33H24N2O5/c36-26(34-19-10-2-1-3-11-19)18-40-33(39)24-16-8-9-17-25(24)35-31(37)29-27-20-12-4-5-13-21(20)28(30(29)32(35)38)23-15-7-6-14-22(23)27/h1-17,27-30H,18H2,(H,34,36)/t27?,28?,29-,30+. The smallest absolute Gasteiger partial charge is 0.340 e. The summed E-state index contributed by atoms with van der Waals surface area (Å²) < 4.78 is 5.31. The second-order valence-corrected chi connectivity index (χ2v) is 10.3. The highest BCUT2D eigenvalue weighted by Crippen LogP contribution is 2.61. The van der Waals surface area contributed by atoms with Crippen LogP contribution in [0.2, 0.25) is 0 Å². The SMILES string of the molecule is O=C(COC(=O)c1ccccc1N1C(=O)[C@@H]2C3c4ccccc4C(c4ccccc43)[C@@H]2C1=O)Nc1ccccc1. The van der Waals surface area contributed by atoms with E-state index in [2.05, 4.69) is 5.32 Å². The first-order chi connectivity index (χ1) is 19.5. The summed E-state index contributed by atoms with van der Waals surface area (Å²) in [4.78, 5) is 54.9. The minimum Gasteiger partial charge on any atom is -0.452 e. The van der Waals surface area contributed by atoms with Crippen molar-refractivity contribution in [2.75, 3.05) is 16.8 Å². The van der Waals surface area contributed by atoms with Gasteiger partial charge in [0.05, 0.1) is 23.1 Å². The molecule has 1 N–H and O–H groups in total. The molecule has 0 radical (unpaired) electrons. The number of rotatable bonds is 5. The van der Waals surface area contributed by atoms with Crippen LogP contribution in [0.15, 0.2) is 103 Å². The summed E-state index contributed by atoms with van der Waals surface area (Å²) in [6, 6.07) is 31.3. The summed E-state index contributed by atoms with van der Waals surface area (Å²) in [6.45, 7) is -0.510. The van der Waals surface area contributed by atoms with Crippen molar-refractivity contribution in [3.8, 4) is 0 Å². The predicted molar refractivity (Wildman–Crippen MR) is 148 cm³/mol. The Morgan fingerprint density at radius 2 is 1.12 bits per heavy atom. The maximum Gasteiger partial charge on any atom is 0.340 e. The molecule has 3 aliphatic carbocycles. The van der Waals surface area contributed by atoms with Crippen LogP contribution in [0.5, 0.6) is 0 Å². The van der Waals surface area contributed by atoms with Crippen molar-refractivity contribution >= 4 is 35.1 Å². The molecule has 7 heteroatoms. The van der Waals surface area contributed by atoms with E-state index in [0.717, 1.165) is 27.2 Å². The Hall–Kier alpha value is -5.04. The first kappa shape index (κ1) is 24.0. The molecule has 0 saturated carbocycles. The number of nitrogens with one attached hydrogen (secondary N) is 1. The molecule has 4 aliphatic rings. The number of hydrogen-bond acceptors (Lipinski definition) is 5. The summed E-state index contributed by atoms with van der Waals surface area (Å²) in [5.41, 5.74) is 5.11. The number of carbonyl (C=O) groups is 4. The average molecular weight is 529 g/mol. The molecule has 2 bridgehead atoms.